The Morgan fingerprint density at radius 3 is 2.00 bits per heavy atom. The molecule has 0 spiro atoms. The third-order valence-electron chi connectivity index (χ3n) is 0.151. The molecule has 0 saturated carbocycles. The van der Waals surface area contributed by atoms with Gasteiger partial charge in [0.15, 0.2) is 0 Å². The Labute approximate surface area is 69.8 Å². The van der Waals surface area contributed by atoms with Crippen LogP contribution in [0.15, 0.2) is 0 Å². The standard InChI is InChI=1S/C2H5ClOS.Na/c3-2(4)1-5;/h2,4-5H,1H2;. The second kappa shape index (κ2) is 6.60. The Hall–Kier alpha value is 1.60. The van der Waals surface area contributed by atoms with Gasteiger partial charge in [-0.1, -0.05) is 11.6 Å². The van der Waals surface area contributed by atoms with Crippen molar-refractivity contribution in [3.8, 4) is 0 Å². The summed E-state index contributed by atoms with van der Waals surface area (Å²) < 4.78 is 0. The molecule has 0 aromatic carbocycles. The van der Waals surface area contributed by atoms with Crippen LogP contribution in [0.1, 0.15) is 0 Å². The molecule has 0 aliphatic carbocycles. The maximum absolute atomic E-state index is 8.05. The van der Waals surface area contributed by atoms with Crippen LogP contribution in [-0.4, -0.2) is 46.0 Å². The van der Waals surface area contributed by atoms with Crippen LogP contribution in [0.3, 0.4) is 0 Å². The minimum absolute atomic E-state index is 0. The van der Waals surface area contributed by atoms with Crippen molar-refractivity contribution in [1.29, 1.82) is 0 Å². The van der Waals surface area contributed by atoms with E-state index in [2.05, 4.69) is 12.6 Å². The number of aliphatic hydroxyl groups is 1. The molecule has 0 rings (SSSR count). The Kier molecular flexibility index (Phi) is 11.6. The molecule has 0 aliphatic rings. The van der Waals surface area contributed by atoms with Crippen LogP contribution in [0.25, 0.3) is 0 Å². The Bertz CT molecular complexity index is 27.5. The van der Waals surface area contributed by atoms with E-state index in [1.54, 1.807) is 0 Å². The molecule has 1 unspecified atom stereocenters. The predicted molar refractivity (Wildman–Crippen MR) is 31.5 cm³/mol. The summed E-state index contributed by atoms with van der Waals surface area (Å²) in [5.41, 5.74) is -0.779. The van der Waals surface area contributed by atoms with E-state index in [0.29, 0.717) is 5.75 Å². The SMILES string of the molecule is OC(Cl)CS.[Na]. The van der Waals surface area contributed by atoms with Crippen molar-refractivity contribution >= 4 is 53.8 Å². The van der Waals surface area contributed by atoms with Gasteiger partial charge in [0.1, 0.15) is 5.56 Å². The van der Waals surface area contributed by atoms with Crippen LogP contribution in [0.5, 0.6) is 0 Å². The first-order valence-corrected chi connectivity index (χ1v) is 2.27. The minimum atomic E-state index is -0.779. The molecule has 0 aromatic heterocycles. The molecule has 4 heteroatoms. The van der Waals surface area contributed by atoms with E-state index in [0.717, 1.165) is 0 Å². The monoisotopic (exact) mass is 135 g/mol. The summed E-state index contributed by atoms with van der Waals surface area (Å²) in [6.07, 6.45) is 0. The Morgan fingerprint density at radius 1 is 1.83 bits per heavy atom. The topological polar surface area (TPSA) is 20.2 Å². The van der Waals surface area contributed by atoms with Crippen LogP contribution in [-0.2, 0) is 0 Å². The minimum Gasteiger partial charge on any atom is -0.377 e. The summed E-state index contributed by atoms with van der Waals surface area (Å²) in [6.45, 7) is 0. The fourth-order valence-corrected chi connectivity index (χ4v) is 0. The molecular weight excluding hydrogens is 131 g/mol. The molecule has 0 aliphatic heterocycles. The fourth-order valence-electron chi connectivity index (χ4n) is 0. The van der Waals surface area contributed by atoms with Crippen molar-refractivity contribution in [3.05, 3.63) is 0 Å². The zero-order valence-corrected chi connectivity index (χ0v) is 7.21. The molecule has 0 fully saturated rings. The number of alkyl halides is 1. The number of halogens is 1. The van der Waals surface area contributed by atoms with E-state index >= 15 is 0 Å². The molecule has 1 radical (unpaired) electrons. The quantitative estimate of drug-likeness (QED) is 0.297. The third kappa shape index (κ3) is 9.14. The summed E-state index contributed by atoms with van der Waals surface area (Å²) in [4.78, 5) is 0. The fraction of sp³-hybridized carbons (Fsp3) is 1.00. The van der Waals surface area contributed by atoms with Gasteiger partial charge in [-0.25, -0.2) is 0 Å². The van der Waals surface area contributed by atoms with E-state index in [1.807, 2.05) is 0 Å². The molecule has 0 aromatic rings. The molecule has 1 nitrogen and oxygen atoms in total. The molecule has 0 saturated heterocycles. The van der Waals surface area contributed by atoms with Crippen LogP contribution in [0.2, 0.25) is 0 Å². The number of rotatable bonds is 1. The first-order valence-electron chi connectivity index (χ1n) is 1.20. The largest absolute Gasteiger partial charge is 0.377 e. The van der Waals surface area contributed by atoms with Gasteiger partial charge >= 0.3 is 0 Å². The molecule has 1 atom stereocenters. The molecule has 6 heavy (non-hydrogen) atoms. The third-order valence-corrected chi connectivity index (χ3v) is 0.866. The smallest absolute Gasteiger partial charge is 0.136 e. The van der Waals surface area contributed by atoms with Gasteiger partial charge in [0.2, 0.25) is 0 Å². The van der Waals surface area contributed by atoms with Gasteiger partial charge in [-0.05, 0) is 0 Å². The Balaban J connectivity index is 0. The van der Waals surface area contributed by atoms with Crippen molar-refractivity contribution in [2.45, 2.75) is 5.56 Å². The van der Waals surface area contributed by atoms with Gasteiger partial charge in [-0.15, -0.1) is 0 Å². The maximum atomic E-state index is 8.05. The average Bonchev–Trinajstić information content (AvgIpc) is 1.38. The average molecular weight is 136 g/mol. The van der Waals surface area contributed by atoms with Gasteiger partial charge in [0.25, 0.3) is 0 Å². The summed E-state index contributed by atoms with van der Waals surface area (Å²) in [6, 6.07) is 0. The van der Waals surface area contributed by atoms with E-state index in [-0.39, 0.29) is 29.6 Å². The second-order valence-corrected chi connectivity index (χ2v) is 1.49. The summed E-state index contributed by atoms with van der Waals surface area (Å²) in [5.74, 6) is 0.321. The zero-order valence-electron chi connectivity index (χ0n) is 3.56. The molecule has 0 amide bonds. The van der Waals surface area contributed by atoms with Gasteiger partial charge in [-0.3, -0.25) is 0 Å². The maximum Gasteiger partial charge on any atom is 0.136 e. The number of hydrogen-bond acceptors (Lipinski definition) is 2. The van der Waals surface area contributed by atoms with E-state index in [4.69, 9.17) is 16.7 Å². The van der Waals surface area contributed by atoms with Crippen LogP contribution < -0.4 is 0 Å². The van der Waals surface area contributed by atoms with Crippen LogP contribution >= 0.6 is 24.2 Å². The number of thiol groups is 1. The Morgan fingerprint density at radius 2 is 2.00 bits per heavy atom. The summed E-state index contributed by atoms with van der Waals surface area (Å²) in [7, 11) is 0. The molecule has 1 N–H and O–H groups in total. The van der Waals surface area contributed by atoms with E-state index in [1.165, 1.54) is 0 Å². The van der Waals surface area contributed by atoms with Crippen LogP contribution in [0.4, 0.5) is 0 Å². The van der Waals surface area contributed by atoms with Gasteiger partial charge in [-0.2, -0.15) is 12.6 Å². The van der Waals surface area contributed by atoms with Gasteiger partial charge < -0.3 is 5.11 Å². The normalized spacial score (nSPS) is 12.5. The van der Waals surface area contributed by atoms with Gasteiger partial charge in [0.05, 0.1) is 0 Å². The first kappa shape index (κ1) is 10.6. The zero-order chi connectivity index (χ0) is 4.28. The van der Waals surface area contributed by atoms with Crippen molar-refractivity contribution in [1.82, 2.24) is 0 Å². The van der Waals surface area contributed by atoms with Crippen molar-refractivity contribution in [3.63, 3.8) is 0 Å². The van der Waals surface area contributed by atoms with E-state index in [9.17, 15) is 0 Å². The predicted octanol–water partition coefficient (Wildman–Crippen LogP) is 0.0926. The summed E-state index contributed by atoms with van der Waals surface area (Å²) in [5, 5.41) is 8.05. The van der Waals surface area contributed by atoms with Gasteiger partial charge in [0, 0.05) is 35.3 Å². The molecular formula is C2H5ClNaOS. The van der Waals surface area contributed by atoms with E-state index < -0.39 is 5.56 Å². The number of aliphatic hydroxyl groups excluding tert-OH is 1. The second-order valence-electron chi connectivity index (χ2n) is 0.617. The van der Waals surface area contributed by atoms with Crippen molar-refractivity contribution in [2.75, 3.05) is 5.75 Å². The number of hydrogen-bond donors (Lipinski definition) is 2. The van der Waals surface area contributed by atoms with Crippen molar-refractivity contribution in [2.24, 2.45) is 0 Å². The first-order chi connectivity index (χ1) is 2.27. The summed E-state index contributed by atoms with van der Waals surface area (Å²) >= 11 is 8.57. The molecule has 0 bridgehead atoms. The van der Waals surface area contributed by atoms with Crippen molar-refractivity contribution < 1.29 is 5.11 Å². The molecule has 33 valence electrons. The molecule has 0 heterocycles. The van der Waals surface area contributed by atoms with Crippen LogP contribution in [0, 0.1) is 0 Å².